The summed E-state index contributed by atoms with van der Waals surface area (Å²) in [6.07, 6.45) is 12.3. The number of carbonyl (C=O) groups excluding carboxylic acids is 2. The second kappa shape index (κ2) is 10.9. The Bertz CT molecular complexity index is 711. The summed E-state index contributed by atoms with van der Waals surface area (Å²) in [5, 5.41) is 9.54. The molecule has 0 saturated carbocycles. The molecular formula is C23H30O5. The van der Waals surface area contributed by atoms with Gasteiger partial charge in [-0.1, -0.05) is 47.6 Å². The number of fused-ring (bicyclic) bond motifs is 2. The zero-order valence-corrected chi connectivity index (χ0v) is 16.7. The van der Waals surface area contributed by atoms with Crippen molar-refractivity contribution in [2.45, 2.75) is 64.3 Å². The van der Waals surface area contributed by atoms with Gasteiger partial charge in [-0.15, -0.1) is 0 Å². The van der Waals surface area contributed by atoms with E-state index in [4.69, 9.17) is 9.47 Å². The minimum Gasteiger partial charge on any atom is -0.456 e. The maximum Gasteiger partial charge on any atom is 0.331 e. The van der Waals surface area contributed by atoms with Crippen molar-refractivity contribution in [1.82, 2.24) is 0 Å². The Morgan fingerprint density at radius 2 is 1.93 bits per heavy atom. The van der Waals surface area contributed by atoms with Crippen LogP contribution in [0.25, 0.3) is 0 Å². The minimum atomic E-state index is -0.607. The lowest BCUT2D eigenvalue weighted by atomic mass is 9.95. The lowest BCUT2D eigenvalue weighted by molar-refractivity contribution is -0.144. The number of hydrogen-bond donors (Lipinski definition) is 1. The summed E-state index contributed by atoms with van der Waals surface area (Å²) in [7, 11) is 0. The molecule has 1 saturated heterocycles. The molecular weight excluding hydrogens is 356 g/mol. The molecule has 2 aliphatic heterocycles. The van der Waals surface area contributed by atoms with Gasteiger partial charge in [0.15, 0.2) is 5.78 Å². The molecule has 0 amide bonds. The van der Waals surface area contributed by atoms with Crippen LogP contribution in [0.4, 0.5) is 0 Å². The largest absolute Gasteiger partial charge is 0.456 e. The lowest BCUT2D eigenvalue weighted by Crippen LogP contribution is -2.28. The second-order valence-electron chi connectivity index (χ2n) is 7.57. The molecule has 2 rings (SSSR count). The van der Waals surface area contributed by atoms with E-state index in [-0.39, 0.29) is 31.0 Å². The van der Waals surface area contributed by atoms with Crippen molar-refractivity contribution < 1.29 is 24.2 Å². The van der Waals surface area contributed by atoms with Gasteiger partial charge in [-0.05, 0) is 39.2 Å². The van der Waals surface area contributed by atoms with Crippen molar-refractivity contribution in [3.63, 3.8) is 0 Å². The second-order valence-corrected chi connectivity index (χ2v) is 7.57. The first-order valence-corrected chi connectivity index (χ1v) is 9.69. The van der Waals surface area contributed by atoms with Crippen LogP contribution in [0.1, 0.15) is 46.0 Å². The average Bonchev–Trinajstić information content (AvgIpc) is 2.59. The summed E-state index contributed by atoms with van der Waals surface area (Å²) < 4.78 is 11.4. The predicted octanol–water partition coefficient (Wildman–Crippen LogP) is 3.75. The monoisotopic (exact) mass is 386 g/mol. The Morgan fingerprint density at radius 1 is 1.14 bits per heavy atom. The molecule has 0 aromatic heterocycles. The number of aliphatic hydroxyl groups excluding tert-OH is 1. The maximum atomic E-state index is 12.1. The molecule has 152 valence electrons. The first-order valence-electron chi connectivity index (χ1n) is 9.69. The molecule has 2 heterocycles. The van der Waals surface area contributed by atoms with Crippen molar-refractivity contribution >= 4 is 11.8 Å². The molecule has 3 atom stereocenters. The van der Waals surface area contributed by atoms with Gasteiger partial charge in [0.25, 0.3) is 0 Å². The van der Waals surface area contributed by atoms with E-state index < -0.39 is 12.1 Å². The topological polar surface area (TPSA) is 72.8 Å². The van der Waals surface area contributed by atoms with Crippen molar-refractivity contribution in [3.05, 3.63) is 59.8 Å². The summed E-state index contributed by atoms with van der Waals surface area (Å²) >= 11 is 0. The first kappa shape index (κ1) is 22.1. The van der Waals surface area contributed by atoms with Crippen molar-refractivity contribution in [2.75, 3.05) is 6.61 Å². The summed E-state index contributed by atoms with van der Waals surface area (Å²) in [5.74, 6) is -0.515. The molecule has 0 unspecified atom stereocenters. The van der Waals surface area contributed by atoms with Crippen LogP contribution in [0.15, 0.2) is 59.8 Å². The van der Waals surface area contributed by atoms with Crippen molar-refractivity contribution in [1.29, 1.82) is 0 Å². The molecule has 5 heteroatoms. The van der Waals surface area contributed by atoms with Crippen LogP contribution >= 0.6 is 0 Å². The van der Waals surface area contributed by atoms with Crippen LogP contribution in [-0.4, -0.2) is 41.8 Å². The van der Waals surface area contributed by atoms with Crippen LogP contribution in [-0.2, 0) is 19.1 Å². The maximum absolute atomic E-state index is 12.1. The van der Waals surface area contributed by atoms with Gasteiger partial charge in [-0.3, -0.25) is 4.79 Å². The Labute approximate surface area is 167 Å². The first-order chi connectivity index (χ1) is 13.4. The van der Waals surface area contributed by atoms with E-state index in [1.165, 1.54) is 6.08 Å². The minimum absolute atomic E-state index is 0.00751. The third kappa shape index (κ3) is 7.79. The zero-order valence-electron chi connectivity index (χ0n) is 16.7. The van der Waals surface area contributed by atoms with Crippen molar-refractivity contribution in [2.24, 2.45) is 0 Å². The molecule has 2 bridgehead atoms. The molecule has 1 N–H and O–H groups in total. The summed E-state index contributed by atoms with van der Waals surface area (Å²) in [6.45, 7) is 7.64. The molecule has 2 aliphatic rings. The third-order valence-corrected chi connectivity index (χ3v) is 4.65. The Balaban J connectivity index is 2.21. The number of hydrogen-bond acceptors (Lipinski definition) is 5. The Kier molecular flexibility index (Phi) is 8.61. The van der Waals surface area contributed by atoms with Gasteiger partial charge < -0.3 is 14.6 Å². The third-order valence-electron chi connectivity index (χ3n) is 4.65. The van der Waals surface area contributed by atoms with Gasteiger partial charge in [0.2, 0.25) is 0 Å². The number of rotatable bonds is 1. The van der Waals surface area contributed by atoms with Crippen LogP contribution in [0.2, 0.25) is 0 Å². The molecule has 0 aliphatic carbocycles. The van der Waals surface area contributed by atoms with E-state index in [1.807, 2.05) is 26.0 Å². The Morgan fingerprint density at radius 3 is 2.68 bits per heavy atom. The molecule has 0 aromatic carbocycles. The van der Waals surface area contributed by atoms with E-state index in [1.54, 1.807) is 18.2 Å². The normalized spacial score (nSPS) is 34.1. The number of carbonyl (C=O) groups is 2. The van der Waals surface area contributed by atoms with Gasteiger partial charge >= 0.3 is 5.97 Å². The molecule has 5 nitrogen and oxygen atoms in total. The van der Waals surface area contributed by atoms with Gasteiger partial charge in [-0.2, -0.15) is 0 Å². The molecule has 1 fully saturated rings. The number of allylic oxidation sites excluding steroid dienone is 4. The molecule has 0 radical (unpaired) electrons. The molecule has 28 heavy (non-hydrogen) atoms. The van der Waals surface area contributed by atoms with E-state index in [2.05, 4.69) is 6.58 Å². The van der Waals surface area contributed by atoms with Gasteiger partial charge in [0.05, 0.1) is 18.8 Å². The van der Waals surface area contributed by atoms with Crippen LogP contribution in [0.3, 0.4) is 0 Å². The lowest BCUT2D eigenvalue weighted by Gasteiger charge is -2.30. The van der Waals surface area contributed by atoms with Crippen LogP contribution in [0, 0.1) is 0 Å². The standard InChI is InChI=1S/C23H30O5/c1-16-6-4-9-23(26)28-22(15-24)14-18(3)13-21-12-17(2)11-20(27-21)8-5-7-19(25)10-16/h4-7,9,13,20-22,24H,2,8,10-12,14-15H2,1,3H3/b7-5+,9-4+,16-6+,18-13+/t20-,21-,22-/m0/s1. The Hall–Kier alpha value is -2.24. The number of ketones is 1. The van der Waals surface area contributed by atoms with Gasteiger partial charge in [0.1, 0.15) is 6.10 Å². The number of esters is 1. The number of aliphatic hydroxyl groups is 1. The highest BCUT2D eigenvalue weighted by Crippen LogP contribution is 2.27. The van der Waals surface area contributed by atoms with Gasteiger partial charge in [-0.25, -0.2) is 4.79 Å². The van der Waals surface area contributed by atoms with Gasteiger partial charge in [0, 0.05) is 18.9 Å². The number of ether oxygens (including phenoxy) is 2. The molecule has 0 spiro atoms. The zero-order chi connectivity index (χ0) is 20.5. The quantitative estimate of drug-likeness (QED) is 0.549. The molecule has 0 aromatic rings. The fourth-order valence-corrected chi connectivity index (χ4v) is 3.40. The van der Waals surface area contributed by atoms with E-state index in [9.17, 15) is 14.7 Å². The smallest absolute Gasteiger partial charge is 0.331 e. The fourth-order valence-electron chi connectivity index (χ4n) is 3.40. The highest BCUT2D eigenvalue weighted by Gasteiger charge is 2.23. The number of cyclic esters (lactones) is 1. The van der Waals surface area contributed by atoms with E-state index in [0.717, 1.165) is 29.6 Å². The van der Waals surface area contributed by atoms with Crippen LogP contribution < -0.4 is 0 Å². The fraction of sp³-hybridized carbons (Fsp3) is 0.478. The van der Waals surface area contributed by atoms with Crippen molar-refractivity contribution in [3.8, 4) is 0 Å². The summed E-state index contributed by atoms with van der Waals surface area (Å²) in [6, 6.07) is 0. The van der Waals surface area contributed by atoms with Crippen LogP contribution in [0.5, 0.6) is 0 Å². The highest BCUT2D eigenvalue weighted by atomic mass is 16.5. The summed E-state index contributed by atoms with van der Waals surface area (Å²) in [4.78, 5) is 24.0. The SMILES string of the molecule is C=C1C[C@@H]2C/C=C/C(=O)C/C(C)=C/C=C/C(=O)O[C@H](CO)C/C(C)=C/[C@H](C1)O2. The average molecular weight is 386 g/mol. The summed E-state index contributed by atoms with van der Waals surface area (Å²) in [5.41, 5.74) is 2.95. The van der Waals surface area contributed by atoms with E-state index in [0.29, 0.717) is 12.8 Å². The highest BCUT2D eigenvalue weighted by molar-refractivity contribution is 5.91. The predicted molar refractivity (Wildman–Crippen MR) is 109 cm³/mol. The van der Waals surface area contributed by atoms with E-state index >= 15 is 0 Å².